The quantitative estimate of drug-likeness (QED) is 0.492. The van der Waals surface area contributed by atoms with E-state index in [4.69, 9.17) is 60.6 Å². The Morgan fingerprint density at radius 3 is 1.37 bits per heavy atom. The topological polar surface area (TPSA) is 74.8 Å². The van der Waals surface area contributed by atoms with E-state index < -0.39 is 5.41 Å². The molecule has 2 aliphatic rings. The van der Waals surface area contributed by atoms with Gasteiger partial charge in [-0.05, 0) is 35.4 Å². The first-order valence-corrected chi connectivity index (χ1v) is 10.8. The third-order valence-electron chi connectivity index (χ3n) is 4.89. The van der Waals surface area contributed by atoms with Crippen LogP contribution in [0.25, 0.3) is 0 Å². The van der Waals surface area contributed by atoms with Crippen LogP contribution in [0.15, 0.2) is 24.3 Å². The van der Waals surface area contributed by atoms with Crippen LogP contribution in [0.5, 0.6) is 11.5 Å². The summed E-state index contributed by atoms with van der Waals surface area (Å²) in [6.07, 6.45) is 0.785. The normalized spacial score (nSPS) is 19.8. The molecule has 0 saturated carbocycles. The molecule has 2 fully saturated rings. The summed E-state index contributed by atoms with van der Waals surface area (Å²) in [5, 5.41) is 20.0. The van der Waals surface area contributed by atoms with Gasteiger partial charge in [-0.15, -0.1) is 0 Å². The summed E-state index contributed by atoms with van der Waals surface area (Å²) in [6.45, 7) is 7.13. The average Bonchev–Trinajstić information content (AvgIpc) is 3.59. The van der Waals surface area contributed by atoms with Gasteiger partial charge in [-0.3, -0.25) is 0 Å². The number of phenols is 2. The van der Waals surface area contributed by atoms with Crippen LogP contribution >= 0.6 is 46.4 Å². The number of ether oxygens (including phenoxy) is 3. The van der Waals surface area contributed by atoms with Crippen molar-refractivity contribution in [3.05, 3.63) is 55.5 Å². The second-order valence-electron chi connectivity index (χ2n) is 7.65. The molecule has 2 heterocycles. The lowest BCUT2D eigenvalue weighted by atomic mass is 9.78. The summed E-state index contributed by atoms with van der Waals surface area (Å²) in [4.78, 5) is 0. The van der Waals surface area contributed by atoms with Crippen molar-refractivity contribution in [1.29, 1.82) is 0 Å². The van der Waals surface area contributed by atoms with Gasteiger partial charge in [-0.25, -0.2) is 0 Å². The molecule has 9 heteroatoms. The van der Waals surface area contributed by atoms with Crippen LogP contribution in [0.4, 0.5) is 0 Å². The Morgan fingerprint density at radius 1 is 0.800 bits per heavy atom. The highest BCUT2D eigenvalue weighted by molar-refractivity contribution is 6.37. The number of hydrogen-bond acceptors (Lipinski definition) is 5. The Balaban J connectivity index is 0.000000234. The molecule has 0 spiro atoms. The fourth-order valence-electron chi connectivity index (χ4n) is 2.68. The van der Waals surface area contributed by atoms with E-state index in [9.17, 15) is 10.2 Å². The van der Waals surface area contributed by atoms with Gasteiger partial charge >= 0.3 is 0 Å². The minimum atomic E-state index is -0.526. The minimum absolute atomic E-state index is 0.153. The second-order valence-corrected chi connectivity index (χ2v) is 9.28. The molecule has 164 valence electrons. The highest BCUT2D eigenvalue weighted by Crippen LogP contribution is 2.42. The second kappa shape index (κ2) is 9.70. The lowest BCUT2D eigenvalue weighted by molar-refractivity contribution is 0.102. The summed E-state index contributed by atoms with van der Waals surface area (Å²) in [5.41, 5.74) is 1.04. The molecule has 30 heavy (non-hydrogen) atoms. The Bertz CT molecular complexity index is 793. The third-order valence-corrected chi connectivity index (χ3v) is 6.04. The van der Waals surface area contributed by atoms with Gasteiger partial charge in [0.05, 0.1) is 46.5 Å². The van der Waals surface area contributed by atoms with E-state index in [0.717, 1.165) is 37.6 Å². The molecule has 4 rings (SSSR count). The van der Waals surface area contributed by atoms with Crippen molar-refractivity contribution < 1.29 is 24.4 Å². The zero-order chi connectivity index (χ0) is 22.1. The molecule has 2 N–H and O–H groups in total. The molecule has 2 unspecified atom stereocenters. The highest BCUT2D eigenvalue weighted by Gasteiger charge is 2.27. The number of hydrogen-bond donors (Lipinski definition) is 2. The van der Waals surface area contributed by atoms with E-state index in [0.29, 0.717) is 12.2 Å². The fourth-order valence-corrected chi connectivity index (χ4v) is 3.65. The monoisotopic (exact) mass is 494 g/mol. The molecule has 0 radical (unpaired) electrons. The predicted octanol–water partition coefficient (Wildman–Crippen LogP) is 5.84. The summed E-state index contributed by atoms with van der Waals surface area (Å²) in [7, 11) is 0. The van der Waals surface area contributed by atoms with Gasteiger partial charge in [0.2, 0.25) is 0 Å². The SMILES string of the molecule is C(OCC1CO1)C1CO1.CC(C)(c1cc(Cl)c(O)c(Cl)c1)c1cc(Cl)c(O)c(Cl)c1. The van der Waals surface area contributed by atoms with Gasteiger partial charge in [0.25, 0.3) is 0 Å². The number of halogens is 4. The van der Waals surface area contributed by atoms with Crippen molar-refractivity contribution in [2.45, 2.75) is 31.5 Å². The number of phenolic OH excluding ortho intramolecular Hbond substituents is 2. The first-order chi connectivity index (χ1) is 14.1. The maximum atomic E-state index is 9.65. The Labute approximate surface area is 195 Å². The van der Waals surface area contributed by atoms with E-state index in [1.54, 1.807) is 24.3 Å². The summed E-state index contributed by atoms with van der Waals surface area (Å²) in [6, 6.07) is 6.55. The van der Waals surface area contributed by atoms with E-state index in [1.165, 1.54) is 0 Å². The van der Waals surface area contributed by atoms with Crippen LogP contribution in [0.2, 0.25) is 20.1 Å². The molecular weight excluding hydrogens is 474 g/mol. The van der Waals surface area contributed by atoms with Crippen molar-refractivity contribution in [2.75, 3.05) is 26.4 Å². The van der Waals surface area contributed by atoms with Crippen molar-refractivity contribution >= 4 is 46.4 Å². The Morgan fingerprint density at radius 2 is 1.10 bits per heavy atom. The Hall–Kier alpha value is -0.920. The largest absolute Gasteiger partial charge is 0.505 e. The lowest BCUT2D eigenvalue weighted by Gasteiger charge is -2.27. The van der Waals surface area contributed by atoms with Crippen molar-refractivity contribution in [3.8, 4) is 11.5 Å². The molecule has 2 aromatic carbocycles. The fraction of sp³-hybridized carbons (Fsp3) is 0.429. The van der Waals surface area contributed by atoms with Crippen molar-refractivity contribution in [2.24, 2.45) is 0 Å². The zero-order valence-corrected chi connectivity index (χ0v) is 19.4. The molecule has 2 aliphatic heterocycles. The third kappa shape index (κ3) is 6.07. The van der Waals surface area contributed by atoms with E-state index in [2.05, 4.69) is 0 Å². The molecule has 2 saturated heterocycles. The maximum Gasteiger partial charge on any atom is 0.152 e. The number of epoxide rings is 2. The van der Waals surface area contributed by atoms with Crippen molar-refractivity contribution in [1.82, 2.24) is 0 Å². The molecule has 0 bridgehead atoms. The van der Waals surface area contributed by atoms with Gasteiger partial charge in [-0.2, -0.15) is 0 Å². The van der Waals surface area contributed by atoms with Gasteiger partial charge < -0.3 is 24.4 Å². The maximum absolute atomic E-state index is 9.65. The van der Waals surface area contributed by atoms with Crippen LogP contribution in [-0.2, 0) is 19.6 Å². The number of rotatable bonds is 6. The zero-order valence-electron chi connectivity index (χ0n) is 16.4. The van der Waals surface area contributed by atoms with Crippen LogP contribution in [0, 0.1) is 0 Å². The Kier molecular flexibility index (Phi) is 7.67. The molecular formula is C21H22Cl4O5. The molecule has 2 atom stereocenters. The molecule has 0 aliphatic carbocycles. The van der Waals surface area contributed by atoms with Crippen molar-refractivity contribution in [3.63, 3.8) is 0 Å². The standard InChI is InChI=1S/C15H12Cl4O2.C6H10O3/c1-15(2,7-3-9(16)13(20)10(17)4-7)8-5-11(18)14(21)12(19)6-8;1(5-3-8-5)7-2-6-4-9-6/h3-6,20-21H,1-2H3;5-6H,1-4H2. The first kappa shape index (κ1) is 23.7. The van der Waals surface area contributed by atoms with Crippen LogP contribution in [-0.4, -0.2) is 48.8 Å². The van der Waals surface area contributed by atoms with Gasteiger partial charge in [-0.1, -0.05) is 60.3 Å². The van der Waals surface area contributed by atoms with Gasteiger partial charge in [0.1, 0.15) is 12.2 Å². The van der Waals surface area contributed by atoms with Crippen LogP contribution in [0.1, 0.15) is 25.0 Å². The van der Waals surface area contributed by atoms with E-state index in [-0.39, 0.29) is 31.6 Å². The lowest BCUT2D eigenvalue weighted by Crippen LogP contribution is -2.19. The predicted molar refractivity (Wildman–Crippen MR) is 119 cm³/mol. The van der Waals surface area contributed by atoms with Gasteiger partial charge in [0.15, 0.2) is 11.5 Å². The van der Waals surface area contributed by atoms with Crippen LogP contribution < -0.4 is 0 Å². The first-order valence-electron chi connectivity index (χ1n) is 9.27. The molecule has 2 aromatic rings. The number of aromatic hydroxyl groups is 2. The molecule has 0 amide bonds. The summed E-state index contributed by atoms with van der Waals surface area (Å²) in [5.74, 6) is -0.306. The smallest absolute Gasteiger partial charge is 0.152 e. The van der Waals surface area contributed by atoms with Gasteiger partial charge in [0, 0.05) is 5.41 Å². The number of benzene rings is 2. The van der Waals surface area contributed by atoms with Crippen LogP contribution in [0.3, 0.4) is 0 Å². The molecule has 0 aromatic heterocycles. The average molecular weight is 496 g/mol. The summed E-state index contributed by atoms with van der Waals surface area (Å²) >= 11 is 23.9. The summed E-state index contributed by atoms with van der Waals surface area (Å²) < 4.78 is 15.1. The van der Waals surface area contributed by atoms with E-state index in [1.807, 2.05) is 13.8 Å². The minimum Gasteiger partial charge on any atom is -0.505 e. The highest BCUT2D eigenvalue weighted by atomic mass is 35.5. The molecule has 5 nitrogen and oxygen atoms in total. The van der Waals surface area contributed by atoms with E-state index >= 15 is 0 Å².